The Morgan fingerprint density at radius 2 is 1.43 bits per heavy atom. The molecule has 0 unspecified atom stereocenters. The molecule has 1 N–H and O–H groups in total. The SMILES string of the molecule is CCCCCCCCCCCCO.O=C1CCCCCO1. The topological polar surface area (TPSA) is 46.5 Å². The number of aliphatic hydroxyl groups excluding tert-OH is 1. The molecule has 0 bridgehead atoms. The predicted molar refractivity (Wildman–Crippen MR) is 88.4 cm³/mol. The van der Waals surface area contributed by atoms with E-state index < -0.39 is 0 Å². The first-order valence-electron chi connectivity index (χ1n) is 9.07. The van der Waals surface area contributed by atoms with Crippen LogP contribution in [0, 0.1) is 0 Å². The Kier molecular flexibility index (Phi) is 17.0. The number of ether oxygens (including phenoxy) is 1. The van der Waals surface area contributed by atoms with Gasteiger partial charge in [-0.3, -0.25) is 4.79 Å². The predicted octanol–water partition coefficient (Wildman–Crippen LogP) is 5.00. The van der Waals surface area contributed by atoms with Crippen molar-refractivity contribution in [2.24, 2.45) is 0 Å². The third-order valence-electron chi connectivity index (χ3n) is 3.80. The summed E-state index contributed by atoms with van der Waals surface area (Å²) in [4.78, 5) is 10.5. The molecule has 1 rings (SSSR count). The molecule has 0 aliphatic carbocycles. The summed E-state index contributed by atoms with van der Waals surface area (Å²) >= 11 is 0. The van der Waals surface area contributed by atoms with Crippen LogP contribution in [0.5, 0.6) is 0 Å². The van der Waals surface area contributed by atoms with Gasteiger partial charge in [-0.05, 0) is 25.7 Å². The molecule has 0 amide bonds. The Labute approximate surface area is 131 Å². The zero-order valence-corrected chi connectivity index (χ0v) is 14.1. The van der Waals surface area contributed by atoms with Gasteiger partial charge in [-0.1, -0.05) is 64.7 Å². The van der Waals surface area contributed by atoms with Gasteiger partial charge in [-0.15, -0.1) is 0 Å². The Morgan fingerprint density at radius 3 is 2.00 bits per heavy atom. The second kappa shape index (κ2) is 17.5. The standard InChI is InChI=1S/C12H26O.C6H10O2/c1-2-3-4-5-6-7-8-9-10-11-12-13;7-6-4-2-1-3-5-8-6/h13H,2-12H2,1H3;1-5H2. The van der Waals surface area contributed by atoms with Gasteiger partial charge in [-0.2, -0.15) is 0 Å². The quantitative estimate of drug-likeness (QED) is 0.456. The fourth-order valence-corrected chi connectivity index (χ4v) is 2.41. The first-order valence-corrected chi connectivity index (χ1v) is 9.07. The lowest BCUT2D eigenvalue weighted by molar-refractivity contribution is -0.142. The summed E-state index contributed by atoms with van der Waals surface area (Å²) in [5.74, 6) is -0.0255. The van der Waals surface area contributed by atoms with E-state index in [1.807, 2.05) is 0 Å². The van der Waals surface area contributed by atoms with Crippen LogP contribution in [0.2, 0.25) is 0 Å². The molecule has 1 aliphatic rings. The Morgan fingerprint density at radius 1 is 0.857 bits per heavy atom. The molecule has 0 aromatic heterocycles. The van der Waals surface area contributed by atoms with Crippen LogP contribution in [-0.2, 0) is 9.53 Å². The summed E-state index contributed by atoms with van der Waals surface area (Å²) in [6.07, 6.45) is 17.1. The monoisotopic (exact) mass is 300 g/mol. The summed E-state index contributed by atoms with van der Waals surface area (Å²) in [6, 6.07) is 0. The van der Waals surface area contributed by atoms with E-state index in [1.165, 1.54) is 57.8 Å². The van der Waals surface area contributed by atoms with Gasteiger partial charge < -0.3 is 9.84 Å². The first-order chi connectivity index (χ1) is 10.3. The molecule has 21 heavy (non-hydrogen) atoms. The van der Waals surface area contributed by atoms with Crippen molar-refractivity contribution in [3.8, 4) is 0 Å². The minimum Gasteiger partial charge on any atom is -0.466 e. The van der Waals surface area contributed by atoms with Crippen molar-refractivity contribution in [2.45, 2.75) is 96.8 Å². The van der Waals surface area contributed by atoms with Gasteiger partial charge in [0.2, 0.25) is 0 Å². The maximum atomic E-state index is 10.5. The molecule has 126 valence electrons. The molecular weight excluding hydrogens is 264 g/mol. The fourth-order valence-electron chi connectivity index (χ4n) is 2.41. The minimum absolute atomic E-state index is 0.0255. The number of carbonyl (C=O) groups is 1. The molecule has 1 aliphatic heterocycles. The summed E-state index contributed by atoms with van der Waals surface area (Å²) in [6.45, 7) is 3.27. The number of carbonyl (C=O) groups excluding carboxylic acids is 1. The van der Waals surface area contributed by atoms with Crippen LogP contribution in [0.4, 0.5) is 0 Å². The zero-order valence-electron chi connectivity index (χ0n) is 14.1. The molecule has 0 radical (unpaired) electrons. The molecule has 0 aromatic rings. The lowest BCUT2D eigenvalue weighted by atomic mass is 10.1. The molecule has 1 heterocycles. The number of hydrogen-bond acceptors (Lipinski definition) is 3. The number of rotatable bonds is 10. The molecule has 1 fully saturated rings. The third kappa shape index (κ3) is 17.4. The number of aliphatic hydroxyl groups is 1. The van der Waals surface area contributed by atoms with Crippen molar-refractivity contribution in [3.05, 3.63) is 0 Å². The summed E-state index contributed by atoms with van der Waals surface area (Å²) in [5, 5.41) is 8.57. The lowest BCUT2D eigenvalue weighted by Gasteiger charge is -2.00. The van der Waals surface area contributed by atoms with Crippen molar-refractivity contribution < 1.29 is 14.6 Å². The maximum absolute atomic E-state index is 10.5. The summed E-state index contributed by atoms with van der Waals surface area (Å²) in [5.41, 5.74) is 0. The number of unbranched alkanes of at least 4 members (excludes halogenated alkanes) is 9. The minimum atomic E-state index is -0.0255. The van der Waals surface area contributed by atoms with Crippen LogP contribution in [-0.4, -0.2) is 24.3 Å². The Bertz CT molecular complexity index is 197. The van der Waals surface area contributed by atoms with E-state index in [0.29, 0.717) is 19.6 Å². The van der Waals surface area contributed by atoms with Gasteiger partial charge in [0.15, 0.2) is 0 Å². The Hall–Kier alpha value is -0.570. The smallest absolute Gasteiger partial charge is 0.305 e. The van der Waals surface area contributed by atoms with E-state index >= 15 is 0 Å². The van der Waals surface area contributed by atoms with Crippen LogP contribution >= 0.6 is 0 Å². The van der Waals surface area contributed by atoms with Crippen LogP contribution in [0.25, 0.3) is 0 Å². The van der Waals surface area contributed by atoms with Gasteiger partial charge in [0, 0.05) is 13.0 Å². The average Bonchev–Trinajstić information content (AvgIpc) is 2.74. The molecule has 1 saturated heterocycles. The Balaban J connectivity index is 0.000000423. The summed E-state index contributed by atoms with van der Waals surface area (Å²) < 4.78 is 4.76. The number of hydrogen-bond donors (Lipinski definition) is 1. The highest BCUT2D eigenvalue weighted by molar-refractivity contribution is 5.69. The van der Waals surface area contributed by atoms with Crippen molar-refractivity contribution in [2.75, 3.05) is 13.2 Å². The lowest BCUT2D eigenvalue weighted by Crippen LogP contribution is -2.00. The molecule has 0 spiro atoms. The van der Waals surface area contributed by atoms with E-state index in [9.17, 15) is 4.79 Å². The molecular formula is C18H36O3. The molecule has 3 nitrogen and oxygen atoms in total. The number of cyclic esters (lactones) is 1. The van der Waals surface area contributed by atoms with Gasteiger partial charge in [0.1, 0.15) is 0 Å². The van der Waals surface area contributed by atoms with Crippen LogP contribution < -0.4 is 0 Å². The second-order valence-corrected chi connectivity index (χ2v) is 5.94. The van der Waals surface area contributed by atoms with Crippen molar-refractivity contribution in [3.63, 3.8) is 0 Å². The van der Waals surface area contributed by atoms with Crippen molar-refractivity contribution in [1.29, 1.82) is 0 Å². The van der Waals surface area contributed by atoms with Crippen LogP contribution in [0.3, 0.4) is 0 Å². The highest BCUT2D eigenvalue weighted by Crippen LogP contribution is 2.10. The molecule has 0 saturated carbocycles. The van der Waals surface area contributed by atoms with Gasteiger partial charge in [0.25, 0.3) is 0 Å². The van der Waals surface area contributed by atoms with Crippen LogP contribution in [0.1, 0.15) is 96.8 Å². The van der Waals surface area contributed by atoms with Crippen molar-refractivity contribution >= 4 is 5.97 Å². The normalized spacial score (nSPS) is 14.9. The van der Waals surface area contributed by atoms with E-state index in [1.54, 1.807) is 0 Å². The fraction of sp³-hybridized carbons (Fsp3) is 0.944. The number of esters is 1. The average molecular weight is 300 g/mol. The van der Waals surface area contributed by atoms with E-state index in [0.717, 1.165) is 25.7 Å². The van der Waals surface area contributed by atoms with E-state index in [-0.39, 0.29) is 5.97 Å². The van der Waals surface area contributed by atoms with Crippen LogP contribution in [0.15, 0.2) is 0 Å². The second-order valence-electron chi connectivity index (χ2n) is 5.94. The summed E-state index contributed by atoms with van der Waals surface area (Å²) in [7, 11) is 0. The largest absolute Gasteiger partial charge is 0.466 e. The van der Waals surface area contributed by atoms with E-state index in [4.69, 9.17) is 9.84 Å². The molecule has 0 aromatic carbocycles. The van der Waals surface area contributed by atoms with Crippen molar-refractivity contribution in [1.82, 2.24) is 0 Å². The van der Waals surface area contributed by atoms with Gasteiger partial charge in [-0.25, -0.2) is 0 Å². The first kappa shape index (κ1) is 20.4. The zero-order chi connectivity index (χ0) is 15.6. The third-order valence-corrected chi connectivity index (χ3v) is 3.80. The molecule has 0 atom stereocenters. The van der Waals surface area contributed by atoms with E-state index in [2.05, 4.69) is 6.92 Å². The highest BCUT2D eigenvalue weighted by Gasteiger charge is 2.05. The van der Waals surface area contributed by atoms with Gasteiger partial charge >= 0.3 is 5.97 Å². The van der Waals surface area contributed by atoms with Gasteiger partial charge in [0.05, 0.1) is 6.61 Å². The highest BCUT2D eigenvalue weighted by atomic mass is 16.5. The molecule has 3 heteroatoms. The maximum Gasteiger partial charge on any atom is 0.305 e.